The summed E-state index contributed by atoms with van der Waals surface area (Å²) >= 11 is 0. The van der Waals surface area contributed by atoms with Gasteiger partial charge in [-0.2, -0.15) is 0 Å². The second kappa shape index (κ2) is 9.02. The molecule has 0 saturated carbocycles. The van der Waals surface area contributed by atoms with Gasteiger partial charge in [-0.15, -0.1) is 0 Å². The highest BCUT2D eigenvalue weighted by atomic mass is 16.5. The third kappa shape index (κ3) is 4.47. The number of carbonyl (C=O) groups is 3. The van der Waals surface area contributed by atoms with E-state index in [0.29, 0.717) is 30.9 Å². The van der Waals surface area contributed by atoms with Gasteiger partial charge in [0.25, 0.3) is 5.91 Å². The van der Waals surface area contributed by atoms with Crippen molar-refractivity contribution in [2.45, 2.75) is 20.3 Å². The number of benzene rings is 2. The molecule has 0 spiro atoms. The van der Waals surface area contributed by atoms with E-state index in [-0.39, 0.29) is 24.2 Å². The molecule has 7 nitrogen and oxygen atoms in total. The van der Waals surface area contributed by atoms with Crippen molar-refractivity contribution < 1.29 is 19.1 Å². The Balaban J connectivity index is 1.37. The van der Waals surface area contributed by atoms with Gasteiger partial charge in [0.2, 0.25) is 5.91 Å². The van der Waals surface area contributed by atoms with Gasteiger partial charge in [-0.1, -0.05) is 6.07 Å². The number of hydrogen-bond acceptors (Lipinski definition) is 5. The van der Waals surface area contributed by atoms with Gasteiger partial charge in [0.1, 0.15) is 0 Å². The zero-order valence-electron chi connectivity index (χ0n) is 18.8. The van der Waals surface area contributed by atoms with Crippen LogP contribution in [-0.2, 0) is 14.3 Å². The molecular formula is C25H29N3O4. The van der Waals surface area contributed by atoms with E-state index in [0.717, 1.165) is 13.1 Å². The summed E-state index contributed by atoms with van der Waals surface area (Å²) < 4.78 is 4.76. The van der Waals surface area contributed by atoms with Crippen LogP contribution in [0.4, 0.5) is 11.4 Å². The van der Waals surface area contributed by atoms with Gasteiger partial charge in [-0.3, -0.25) is 14.4 Å². The zero-order chi connectivity index (χ0) is 22.8. The van der Waals surface area contributed by atoms with Crippen LogP contribution in [0.1, 0.15) is 27.9 Å². The summed E-state index contributed by atoms with van der Waals surface area (Å²) in [6.45, 7) is 7.43. The van der Waals surface area contributed by atoms with Crippen molar-refractivity contribution in [3.63, 3.8) is 0 Å². The Morgan fingerprint density at radius 2 is 1.53 bits per heavy atom. The molecule has 168 valence electrons. The molecule has 1 unspecified atom stereocenters. The van der Waals surface area contributed by atoms with Crippen molar-refractivity contribution in [2.75, 3.05) is 49.6 Å². The molecule has 0 N–H and O–H groups in total. The smallest absolute Gasteiger partial charge is 0.311 e. The van der Waals surface area contributed by atoms with Crippen molar-refractivity contribution in [3.05, 3.63) is 59.2 Å². The van der Waals surface area contributed by atoms with E-state index in [4.69, 9.17) is 4.74 Å². The summed E-state index contributed by atoms with van der Waals surface area (Å²) in [5.41, 5.74) is 4.99. The summed E-state index contributed by atoms with van der Waals surface area (Å²) in [5.74, 6) is -0.922. The van der Waals surface area contributed by atoms with Gasteiger partial charge in [0, 0.05) is 56.1 Å². The first-order chi connectivity index (χ1) is 15.4. The lowest BCUT2D eigenvalue weighted by Gasteiger charge is -2.36. The predicted molar refractivity (Wildman–Crippen MR) is 123 cm³/mol. The summed E-state index contributed by atoms with van der Waals surface area (Å²) in [6.07, 6.45) is 0.151. The standard InChI is InChI=1S/C25H29N3O4/c1-17-12-18(2)14-22(13-17)26-8-10-27(11-9-26)24(30)19-4-6-21(7-5-19)28-16-20(15-23(28)29)25(31)32-3/h4-7,12-14,20H,8-11,15-16H2,1-3H3. The van der Waals surface area contributed by atoms with Crippen LogP contribution < -0.4 is 9.80 Å². The van der Waals surface area contributed by atoms with Crippen LogP contribution >= 0.6 is 0 Å². The molecule has 2 amide bonds. The van der Waals surface area contributed by atoms with Crippen LogP contribution in [0.5, 0.6) is 0 Å². The molecule has 2 aliphatic rings. The van der Waals surface area contributed by atoms with Crippen LogP contribution in [0.2, 0.25) is 0 Å². The lowest BCUT2D eigenvalue weighted by molar-refractivity contribution is -0.145. The Bertz CT molecular complexity index is 1010. The molecule has 7 heteroatoms. The third-order valence-corrected chi connectivity index (χ3v) is 6.22. The van der Waals surface area contributed by atoms with Crippen molar-refractivity contribution in [2.24, 2.45) is 5.92 Å². The van der Waals surface area contributed by atoms with E-state index in [9.17, 15) is 14.4 Å². The van der Waals surface area contributed by atoms with Crippen molar-refractivity contribution in [1.82, 2.24) is 4.90 Å². The molecule has 0 radical (unpaired) electrons. The first kappa shape index (κ1) is 21.9. The Morgan fingerprint density at radius 1 is 0.906 bits per heavy atom. The Kier molecular flexibility index (Phi) is 6.17. The van der Waals surface area contributed by atoms with Crippen LogP contribution in [0, 0.1) is 19.8 Å². The first-order valence-electron chi connectivity index (χ1n) is 11.0. The van der Waals surface area contributed by atoms with E-state index in [1.165, 1.54) is 23.9 Å². The maximum Gasteiger partial charge on any atom is 0.311 e. The predicted octanol–water partition coefficient (Wildman–Crippen LogP) is 2.79. The molecule has 0 bridgehead atoms. The second-order valence-corrected chi connectivity index (χ2v) is 8.60. The topological polar surface area (TPSA) is 70.2 Å². The molecular weight excluding hydrogens is 406 g/mol. The average Bonchev–Trinajstić information content (AvgIpc) is 3.19. The largest absolute Gasteiger partial charge is 0.469 e. The van der Waals surface area contributed by atoms with Gasteiger partial charge >= 0.3 is 5.97 Å². The van der Waals surface area contributed by atoms with E-state index in [2.05, 4.69) is 36.9 Å². The molecule has 0 aliphatic carbocycles. The number of rotatable bonds is 4. The highest BCUT2D eigenvalue weighted by molar-refractivity contribution is 6.00. The first-order valence-corrected chi connectivity index (χ1v) is 11.0. The molecule has 2 aromatic rings. The summed E-state index contributed by atoms with van der Waals surface area (Å²) in [7, 11) is 1.33. The number of carbonyl (C=O) groups excluding carboxylic acids is 3. The summed E-state index contributed by atoms with van der Waals surface area (Å²) in [5, 5.41) is 0. The fourth-order valence-corrected chi connectivity index (χ4v) is 4.55. The average molecular weight is 436 g/mol. The molecule has 4 rings (SSSR count). The molecule has 2 saturated heterocycles. The molecule has 2 aliphatic heterocycles. The normalized spacial score (nSPS) is 18.8. The number of amides is 2. The highest BCUT2D eigenvalue weighted by Gasteiger charge is 2.35. The minimum absolute atomic E-state index is 0.00296. The molecule has 0 aromatic heterocycles. The summed E-state index contributed by atoms with van der Waals surface area (Å²) in [4.78, 5) is 42.8. The van der Waals surface area contributed by atoms with E-state index >= 15 is 0 Å². The quantitative estimate of drug-likeness (QED) is 0.691. The van der Waals surface area contributed by atoms with Gasteiger partial charge < -0.3 is 19.4 Å². The fraction of sp³-hybridized carbons (Fsp3) is 0.400. The van der Waals surface area contributed by atoms with Crippen LogP contribution in [0.25, 0.3) is 0 Å². The van der Waals surface area contributed by atoms with E-state index in [1.54, 1.807) is 29.2 Å². The molecule has 1 atom stereocenters. The van der Waals surface area contributed by atoms with Gasteiger partial charge in [0.05, 0.1) is 13.0 Å². The maximum atomic E-state index is 13.0. The molecule has 32 heavy (non-hydrogen) atoms. The minimum atomic E-state index is -0.442. The molecule has 2 fully saturated rings. The van der Waals surface area contributed by atoms with Crippen molar-refractivity contribution in [3.8, 4) is 0 Å². The van der Waals surface area contributed by atoms with Gasteiger partial charge in [-0.05, 0) is 61.4 Å². The highest BCUT2D eigenvalue weighted by Crippen LogP contribution is 2.27. The second-order valence-electron chi connectivity index (χ2n) is 8.60. The summed E-state index contributed by atoms with van der Waals surface area (Å²) in [6, 6.07) is 13.6. The SMILES string of the molecule is COC(=O)C1CC(=O)N(c2ccc(C(=O)N3CCN(c4cc(C)cc(C)c4)CC3)cc2)C1. The fourth-order valence-electron chi connectivity index (χ4n) is 4.55. The van der Waals surface area contributed by atoms with Crippen molar-refractivity contribution in [1.29, 1.82) is 0 Å². The number of hydrogen-bond donors (Lipinski definition) is 0. The number of nitrogens with zero attached hydrogens (tertiary/aromatic N) is 3. The Labute approximate surface area is 188 Å². The monoisotopic (exact) mass is 435 g/mol. The Hall–Kier alpha value is -3.35. The number of aryl methyl sites for hydroxylation is 2. The number of ether oxygens (including phenoxy) is 1. The molecule has 2 heterocycles. The number of piperazine rings is 1. The molecule has 2 aromatic carbocycles. The maximum absolute atomic E-state index is 13.0. The van der Waals surface area contributed by atoms with E-state index in [1.807, 2.05) is 4.90 Å². The van der Waals surface area contributed by atoms with Gasteiger partial charge in [0.15, 0.2) is 0 Å². The van der Waals surface area contributed by atoms with Crippen molar-refractivity contribution >= 4 is 29.2 Å². The van der Waals surface area contributed by atoms with Crippen LogP contribution in [0.3, 0.4) is 0 Å². The number of methoxy groups -OCH3 is 1. The lowest BCUT2D eigenvalue weighted by Crippen LogP contribution is -2.48. The number of anilines is 2. The Morgan fingerprint density at radius 3 is 2.12 bits per heavy atom. The van der Waals surface area contributed by atoms with Gasteiger partial charge in [-0.25, -0.2) is 0 Å². The van der Waals surface area contributed by atoms with E-state index < -0.39 is 5.92 Å². The third-order valence-electron chi connectivity index (χ3n) is 6.22. The minimum Gasteiger partial charge on any atom is -0.469 e. The van der Waals surface area contributed by atoms with Crippen LogP contribution in [-0.4, -0.2) is 62.5 Å². The zero-order valence-corrected chi connectivity index (χ0v) is 18.8. The number of esters is 1. The van der Waals surface area contributed by atoms with Crippen LogP contribution in [0.15, 0.2) is 42.5 Å². The lowest BCUT2D eigenvalue weighted by atomic mass is 10.1.